The van der Waals surface area contributed by atoms with Gasteiger partial charge in [0.2, 0.25) is 0 Å². The molecule has 0 heterocycles. The molecule has 0 saturated heterocycles. The van der Waals surface area contributed by atoms with Gasteiger partial charge in [0, 0.05) is 6.54 Å². The van der Waals surface area contributed by atoms with E-state index in [9.17, 15) is 8.78 Å². The van der Waals surface area contributed by atoms with E-state index in [1.165, 1.54) is 12.1 Å². The Kier molecular flexibility index (Phi) is 7.11. The Morgan fingerprint density at radius 1 is 1.21 bits per heavy atom. The Morgan fingerprint density at radius 2 is 1.89 bits per heavy atom. The van der Waals surface area contributed by atoms with Crippen LogP contribution in [-0.2, 0) is 6.54 Å². The summed E-state index contributed by atoms with van der Waals surface area (Å²) in [5, 5.41) is 2.85. The number of halogens is 2. The molecular formula is C15H21F2NO. The summed E-state index contributed by atoms with van der Waals surface area (Å²) in [5.74, 6) is -1.56. The number of unbranched alkanes of at least 4 members (excludes halogenated alkanes) is 3. The third kappa shape index (κ3) is 5.39. The first-order valence-corrected chi connectivity index (χ1v) is 6.55. The normalized spacial score (nSPS) is 10.5. The fourth-order valence-corrected chi connectivity index (χ4v) is 1.80. The predicted molar refractivity (Wildman–Crippen MR) is 73.3 cm³/mol. The topological polar surface area (TPSA) is 21.3 Å². The van der Waals surface area contributed by atoms with Crippen LogP contribution in [0.15, 0.2) is 24.8 Å². The SMILES string of the molecule is C=CCCCCCOc1c(F)cc(CNC)cc1F. The van der Waals surface area contributed by atoms with Gasteiger partial charge >= 0.3 is 0 Å². The molecule has 4 heteroatoms. The lowest BCUT2D eigenvalue weighted by molar-refractivity contribution is 0.275. The molecule has 0 fully saturated rings. The molecule has 1 N–H and O–H groups in total. The standard InChI is InChI=1S/C15H21F2NO/c1-3-4-5-6-7-8-19-15-13(16)9-12(11-18-2)10-14(15)17/h3,9-10,18H,1,4-8,11H2,2H3. The van der Waals surface area contributed by atoms with Crippen molar-refractivity contribution in [2.45, 2.75) is 32.2 Å². The third-order valence-corrected chi connectivity index (χ3v) is 2.74. The molecule has 1 rings (SSSR count). The summed E-state index contributed by atoms with van der Waals surface area (Å²) in [6.45, 7) is 4.39. The zero-order valence-corrected chi connectivity index (χ0v) is 11.3. The van der Waals surface area contributed by atoms with Crippen LogP contribution in [-0.4, -0.2) is 13.7 Å². The Morgan fingerprint density at radius 3 is 2.47 bits per heavy atom. The molecule has 0 spiro atoms. The first kappa shape index (κ1) is 15.6. The monoisotopic (exact) mass is 269 g/mol. The van der Waals surface area contributed by atoms with Gasteiger partial charge in [0.15, 0.2) is 17.4 Å². The van der Waals surface area contributed by atoms with Gasteiger partial charge in [0.1, 0.15) is 0 Å². The maximum Gasteiger partial charge on any atom is 0.190 e. The number of hydrogen-bond donors (Lipinski definition) is 1. The fourth-order valence-electron chi connectivity index (χ4n) is 1.80. The Bertz CT molecular complexity index is 384. The average Bonchev–Trinajstić information content (AvgIpc) is 2.36. The summed E-state index contributed by atoms with van der Waals surface area (Å²) in [6.07, 6.45) is 5.60. The first-order chi connectivity index (χ1) is 9.19. The molecule has 106 valence electrons. The molecule has 0 aliphatic heterocycles. The number of ether oxygens (including phenoxy) is 1. The molecule has 19 heavy (non-hydrogen) atoms. The van der Waals surface area contributed by atoms with Crippen molar-refractivity contribution in [3.05, 3.63) is 42.0 Å². The van der Waals surface area contributed by atoms with Gasteiger partial charge in [-0.15, -0.1) is 6.58 Å². The zero-order valence-electron chi connectivity index (χ0n) is 11.3. The van der Waals surface area contributed by atoms with Crippen molar-refractivity contribution in [2.24, 2.45) is 0 Å². The number of hydrogen-bond acceptors (Lipinski definition) is 2. The van der Waals surface area contributed by atoms with E-state index in [-0.39, 0.29) is 5.75 Å². The Balaban J connectivity index is 2.47. The van der Waals surface area contributed by atoms with Crippen LogP contribution in [0.1, 0.15) is 31.2 Å². The molecule has 0 atom stereocenters. The van der Waals surface area contributed by atoms with Crippen LogP contribution in [0.5, 0.6) is 5.75 Å². The predicted octanol–water partition coefficient (Wildman–Crippen LogP) is 3.81. The second-order valence-electron chi connectivity index (χ2n) is 4.41. The van der Waals surface area contributed by atoms with Crippen molar-refractivity contribution >= 4 is 0 Å². The molecule has 0 aromatic heterocycles. The van der Waals surface area contributed by atoms with Crippen molar-refractivity contribution in [2.75, 3.05) is 13.7 Å². The lowest BCUT2D eigenvalue weighted by atomic mass is 10.2. The van der Waals surface area contributed by atoms with Gasteiger partial charge < -0.3 is 10.1 Å². The minimum atomic E-state index is -0.642. The number of benzene rings is 1. The largest absolute Gasteiger partial charge is 0.488 e. The van der Waals surface area contributed by atoms with Crippen LogP contribution in [0.25, 0.3) is 0 Å². The second kappa shape index (κ2) is 8.64. The van der Waals surface area contributed by atoms with Crippen LogP contribution >= 0.6 is 0 Å². The first-order valence-electron chi connectivity index (χ1n) is 6.55. The number of rotatable bonds is 9. The summed E-state index contributed by atoms with van der Waals surface area (Å²) in [4.78, 5) is 0. The van der Waals surface area contributed by atoms with E-state index in [1.54, 1.807) is 7.05 Å². The minimum Gasteiger partial charge on any atom is -0.488 e. The van der Waals surface area contributed by atoms with E-state index >= 15 is 0 Å². The quantitative estimate of drug-likeness (QED) is 0.543. The van der Waals surface area contributed by atoms with Crippen LogP contribution in [0, 0.1) is 11.6 Å². The molecule has 0 saturated carbocycles. The summed E-state index contributed by atoms with van der Waals surface area (Å²) in [5.41, 5.74) is 0.566. The van der Waals surface area contributed by atoms with Gasteiger partial charge in [0.25, 0.3) is 0 Å². The van der Waals surface area contributed by atoms with Crippen LogP contribution in [0.3, 0.4) is 0 Å². The van der Waals surface area contributed by atoms with Gasteiger partial charge in [-0.2, -0.15) is 0 Å². The lowest BCUT2D eigenvalue weighted by Crippen LogP contribution is -2.07. The van der Waals surface area contributed by atoms with Gasteiger partial charge in [-0.1, -0.05) is 6.08 Å². The minimum absolute atomic E-state index is 0.274. The molecular weight excluding hydrogens is 248 g/mol. The highest BCUT2D eigenvalue weighted by atomic mass is 19.1. The maximum atomic E-state index is 13.7. The third-order valence-electron chi connectivity index (χ3n) is 2.74. The van der Waals surface area contributed by atoms with Crippen molar-refractivity contribution < 1.29 is 13.5 Å². The lowest BCUT2D eigenvalue weighted by Gasteiger charge is -2.10. The van der Waals surface area contributed by atoms with Crippen molar-refractivity contribution in [1.82, 2.24) is 5.32 Å². The van der Waals surface area contributed by atoms with E-state index < -0.39 is 11.6 Å². The molecule has 2 nitrogen and oxygen atoms in total. The van der Waals surface area contributed by atoms with Crippen molar-refractivity contribution in [3.63, 3.8) is 0 Å². The van der Waals surface area contributed by atoms with E-state index in [0.29, 0.717) is 18.7 Å². The maximum absolute atomic E-state index is 13.7. The molecule has 0 aliphatic rings. The number of allylic oxidation sites excluding steroid dienone is 1. The second-order valence-corrected chi connectivity index (χ2v) is 4.41. The van der Waals surface area contributed by atoms with Crippen molar-refractivity contribution in [1.29, 1.82) is 0 Å². The Hall–Kier alpha value is -1.42. The van der Waals surface area contributed by atoms with Gasteiger partial charge in [-0.05, 0) is 50.4 Å². The van der Waals surface area contributed by atoms with Crippen LogP contribution in [0.2, 0.25) is 0 Å². The Labute approximate surface area is 113 Å². The van der Waals surface area contributed by atoms with Crippen LogP contribution < -0.4 is 10.1 Å². The molecule has 1 aromatic rings. The van der Waals surface area contributed by atoms with Crippen LogP contribution in [0.4, 0.5) is 8.78 Å². The molecule has 0 unspecified atom stereocenters. The van der Waals surface area contributed by atoms with E-state index in [2.05, 4.69) is 11.9 Å². The summed E-state index contributed by atoms with van der Waals surface area (Å²) in [7, 11) is 1.73. The smallest absolute Gasteiger partial charge is 0.190 e. The highest BCUT2D eigenvalue weighted by molar-refractivity contribution is 5.31. The molecule has 0 amide bonds. The summed E-state index contributed by atoms with van der Waals surface area (Å²) in [6, 6.07) is 2.60. The zero-order chi connectivity index (χ0) is 14.1. The van der Waals surface area contributed by atoms with Crippen molar-refractivity contribution in [3.8, 4) is 5.75 Å². The van der Waals surface area contributed by atoms with E-state index in [4.69, 9.17) is 4.74 Å². The fraction of sp³-hybridized carbons (Fsp3) is 0.467. The molecule has 0 aliphatic carbocycles. The summed E-state index contributed by atoms with van der Waals surface area (Å²) < 4.78 is 32.5. The highest BCUT2D eigenvalue weighted by Crippen LogP contribution is 2.23. The highest BCUT2D eigenvalue weighted by Gasteiger charge is 2.12. The van der Waals surface area contributed by atoms with Gasteiger partial charge in [-0.3, -0.25) is 0 Å². The summed E-state index contributed by atoms with van der Waals surface area (Å²) >= 11 is 0. The van der Waals surface area contributed by atoms with E-state index in [1.807, 2.05) is 6.08 Å². The molecule has 0 radical (unpaired) electrons. The number of nitrogens with one attached hydrogen (secondary N) is 1. The molecule has 0 bridgehead atoms. The van der Waals surface area contributed by atoms with Gasteiger partial charge in [0.05, 0.1) is 6.61 Å². The van der Waals surface area contributed by atoms with E-state index in [0.717, 1.165) is 25.7 Å². The molecule has 1 aromatic carbocycles. The van der Waals surface area contributed by atoms with Gasteiger partial charge in [-0.25, -0.2) is 8.78 Å². The average molecular weight is 269 g/mol.